The van der Waals surface area contributed by atoms with Crippen LogP contribution in [0.15, 0.2) is 47.4 Å². The Labute approximate surface area is 139 Å². The molecule has 0 unspecified atom stereocenters. The second kappa shape index (κ2) is 7.83. The van der Waals surface area contributed by atoms with Gasteiger partial charge >= 0.3 is 0 Å². The summed E-state index contributed by atoms with van der Waals surface area (Å²) < 4.78 is 6.91. The molecule has 0 radical (unpaired) electrons. The molecule has 0 bridgehead atoms. The standard InChI is InChI=1S/C17H19ClN2O3/c1-12(2)11-23-15-7-6-13(9-14(15)18)19-16(21)10-20-8-4-3-5-17(20)22/h3-9,12H,10-11H2,1-2H3,(H,19,21). The summed E-state index contributed by atoms with van der Waals surface area (Å²) in [6.45, 7) is 4.62. The Kier molecular flexibility index (Phi) is 5.82. The Morgan fingerprint density at radius 3 is 2.74 bits per heavy atom. The van der Waals surface area contributed by atoms with Gasteiger partial charge in [-0.25, -0.2) is 0 Å². The topological polar surface area (TPSA) is 60.3 Å². The van der Waals surface area contributed by atoms with Crippen LogP contribution in [0.5, 0.6) is 5.75 Å². The first-order valence-corrected chi connectivity index (χ1v) is 7.71. The maximum Gasteiger partial charge on any atom is 0.250 e. The second-order valence-corrected chi connectivity index (χ2v) is 5.97. The van der Waals surface area contributed by atoms with E-state index in [4.69, 9.17) is 16.3 Å². The molecular weight excluding hydrogens is 316 g/mol. The van der Waals surface area contributed by atoms with Gasteiger partial charge in [-0.05, 0) is 30.2 Å². The van der Waals surface area contributed by atoms with Crippen molar-refractivity contribution in [3.8, 4) is 5.75 Å². The number of rotatable bonds is 6. The maximum atomic E-state index is 12.0. The average Bonchev–Trinajstić information content (AvgIpc) is 2.48. The van der Waals surface area contributed by atoms with Gasteiger partial charge in [-0.2, -0.15) is 0 Å². The van der Waals surface area contributed by atoms with E-state index in [1.54, 1.807) is 36.5 Å². The van der Waals surface area contributed by atoms with Crippen LogP contribution in [0.1, 0.15) is 13.8 Å². The van der Waals surface area contributed by atoms with E-state index in [2.05, 4.69) is 5.32 Å². The maximum absolute atomic E-state index is 12.0. The number of carbonyl (C=O) groups is 1. The van der Waals surface area contributed by atoms with Gasteiger partial charge in [-0.3, -0.25) is 9.59 Å². The van der Waals surface area contributed by atoms with Gasteiger partial charge < -0.3 is 14.6 Å². The molecule has 0 aliphatic rings. The van der Waals surface area contributed by atoms with Crippen LogP contribution in [0.25, 0.3) is 0 Å². The van der Waals surface area contributed by atoms with Crippen molar-refractivity contribution in [3.63, 3.8) is 0 Å². The highest BCUT2D eigenvalue weighted by atomic mass is 35.5. The average molecular weight is 335 g/mol. The van der Waals surface area contributed by atoms with Crippen molar-refractivity contribution in [1.82, 2.24) is 4.57 Å². The first kappa shape index (κ1) is 17.1. The third-order valence-electron chi connectivity index (χ3n) is 3.00. The van der Waals surface area contributed by atoms with E-state index in [0.29, 0.717) is 29.0 Å². The van der Waals surface area contributed by atoms with E-state index in [9.17, 15) is 9.59 Å². The molecular formula is C17H19ClN2O3. The molecule has 5 nitrogen and oxygen atoms in total. The van der Waals surface area contributed by atoms with Crippen molar-refractivity contribution in [1.29, 1.82) is 0 Å². The number of anilines is 1. The van der Waals surface area contributed by atoms with Crippen LogP contribution in [0.4, 0.5) is 5.69 Å². The minimum absolute atomic E-state index is 0.0527. The normalized spacial score (nSPS) is 10.6. The number of hydrogen-bond acceptors (Lipinski definition) is 3. The first-order valence-electron chi connectivity index (χ1n) is 7.33. The summed E-state index contributed by atoms with van der Waals surface area (Å²) in [6.07, 6.45) is 1.57. The molecule has 23 heavy (non-hydrogen) atoms. The van der Waals surface area contributed by atoms with E-state index in [-0.39, 0.29) is 18.0 Å². The number of carbonyl (C=O) groups excluding carboxylic acids is 1. The monoisotopic (exact) mass is 334 g/mol. The number of benzene rings is 1. The molecule has 1 N–H and O–H groups in total. The summed E-state index contributed by atoms with van der Waals surface area (Å²) in [5.41, 5.74) is 0.332. The Balaban J connectivity index is 2.00. The van der Waals surface area contributed by atoms with Crippen molar-refractivity contribution >= 4 is 23.2 Å². The van der Waals surface area contributed by atoms with Gasteiger partial charge in [-0.15, -0.1) is 0 Å². The van der Waals surface area contributed by atoms with Crippen LogP contribution in [-0.2, 0) is 11.3 Å². The van der Waals surface area contributed by atoms with Crippen LogP contribution in [0.2, 0.25) is 5.02 Å². The fourth-order valence-corrected chi connectivity index (χ4v) is 2.13. The summed E-state index contributed by atoms with van der Waals surface area (Å²) in [6, 6.07) is 9.80. The summed E-state index contributed by atoms with van der Waals surface area (Å²) in [5.74, 6) is 0.678. The van der Waals surface area contributed by atoms with Crippen LogP contribution in [-0.4, -0.2) is 17.1 Å². The first-order chi connectivity index (χ1) is 11.0. The highest BCUT2D eigenvalue weighted by Gasteiger charge is 2.08. The molecule has 1 aromatic carbocycles. The summed E-state index contributed by atoms with van der Waals surface area (Å²) in [5, 5.41) is 3.14. The number of ether oxygens (including phenoxy) is 1. The molecule has 0 saturated heterocycles. The zero-order valence-electron chi connectivity index (χ0n) is 13.1. The van der Waals surface area contributed by atoms with Crippen LogP contribution in [0.3, 0.4) is 0 Å². The number of nitrogens with zero attached hydrogens (tertiary/aromatic N) is 1. The minimum Gasteiger partial charge on any atom is -0.492 e. The van der Waals surface area contributed by atoms with Gasteiger partial charge in [0.15, 0.2) is 0 Å². The molecule has 0 saturated carbocycles. The van der Waals surface area contributed by atoms with Crippen molar-refractivity contribution in [2.24, 2.45) is 5.92 Å². The molecule has 1 heterocycles. The molecule has 2 aromatic rings. The lowest BCUT2D eigenvalue weighted by atomic mass is 10.2. The molecule has 0 aliphatic carbocycles. The lowest BCUT2D eigenvalue weighted by Gasteiger charge is -2.12. The van der Waals surface area contributed by atoms with Gasteiger partial charge in [0.25, 0.3) is 5.56 Å². The minimum atomic E-state index is -0.301. The van der Waals surface area contributed by atoms with Crippen molar-refractivity contribution in [2.75, 3.05) is 11.9 Å². The van der Waals surface area contributed by atoms with Gasteiger partial charge in [0, 0.05) is 18.0 Å². The molecule has 122 valence electrons. The van der Waals surface area contributed by atoms with Crippen LogP contribution in [0, 0.1) is 5.92 Å². The molecule has 1 amide bonds. The Bertz CT molecular complexity index is 741. The van der Waals surface area contributed by atoms with Crippen molar-refractivity contribution in [2.45, 2.75) is 20.4 Å². The zero-order chi connectivity index (χ0) is 16.8. The van der Waals surface area contributed by atoms with Crippen LogP contribution < -0.4 is 15.6 Å². The molecule has 0 aliphatic heterocycles. The largest absolute Gasteiger partial charge is 0.492 e. The number of hydrogen-bond donors (Lipinski definition) is 1. The molecule has 0 atom stereocenters. The fraction of sp³-hybridized carbons (Fsp3) is 0.294. The molecule has 0 spiro atoms. The summed E-state index contributed by atoms with van der Waals surface area (Å²) in [7, 11) is 0. The number of halogens is 1. The van der Waals surface area contributed by atoms with E-state index < -0.39 is 0 Å². The number of amides is 1. The predicted molar refractivity (Wildman–Crippen MR) is 91.1 cm³/mol. The van der Waals surface area contributed by atoms with Crippen molar-refractivity contribution in [3.05, 3.63) is 58.0 Å². The predicted octanol–water partition coefficient (Wildman–Crippen LogP) is 3.18. The third-order valence-corrected chi connectivity index (χ3v) is 3.30. The molecule has 6 heteroatoms. The van der Waals surface area contributed by atoms with Gasteiger partial charge in [0.05, 0.1) is 11.6 Å². The molecule has 2 rings (SSSR count). The molecule has 0 fully saturated rings. The Hall–Kier alpha value is -2.27. The number of nitrogens with one attached hydrogen (secondary N) is 1. The zero-order valence-corrected chi connectivity index (χ0v) is 13.8. The number of pyridine rings is 1. The third kappa shape index (κ3) is 5.14. The summed E-state index contributed by atoms with van der Waals surface area (Å²) in [4.78, 5) is 23.6. The quantitative estimate of drug-likeness (QED) is 0.882. The van der Waals surface area contributed by atoms with Gasteiger partial charge in [0.2, 0.25) is 5.91 Å². The van der Waals surface area contributed by atoms with Gasteiger partial charge in [0.1, 0.15) is 12.3 Å². The SMILES string of the molecule is CC(C)COc1ccc(NC(=O)Cn2ccccc2=O)cc1Cl. The Morgan fingerprint density at radius 1 is 1.30 bits per heavy atom. The summed E-state index contributed by atoms with van der Waals surface area (Å²) >= 11 is 6.15. The van der Waals surface area contributed by atoms with Gasteiger partial charge in [-0.1, -0.05) is 31.5 Å². The van der Waals surface area contributed by atoms with Crippen molar-refractivity contribution < 1.29 is 9.53 Å². The van der Waals surface area contributed by atoms with E-state index in [0.717, 1.165) is 0 Å². The number of aromatic nitrogens is 1. The smallest absolute Gasteiger partial charge is 0.250 e. The van der Waals surface area contributed by atoms with E-state index in [1.807, 2.05) is 13.8 Å². The highest BCUT2D eigenvalue weighted by Crippen LogP contribution is 2.28. The lowest BCUT2D eigenvalue weighted by Crippen LogP contribution is -2.26. The fourth-order valence-electron chi connectivity index (χ4n) is 1.90. The lowest BCUT2D eigenvalue weighted by molar-refractivity contribution is -0.116. The van der Waals surface area contributed by atoms with E-state index in [1.165, 1.54) is 10.6 Å². The highest BCUT2D eigenvalue weighted by molar-refractivity contribution is 6.32. The van der Waals surface area contributed by atoms with Crippen LogP contribution >= 0.6 is 11.6 Å². The molecule has 1 aromatic heterocycles. The van der Waals surface area contributed by atoms with E-state index >= 15 is 0 Å². The Morgan fingerprint density at radius 2 is 2.09 bits per heavy atom. The second-order valence-electron chi connectivity index (χ2n) is 5.57.